The zero-order valence-electron chi connectivity index (χ0n) is 21.7. The van der Waals surface area contributed by atoms with Gasteiger partial charge in [0.05, 0.1) is 0 Å². The van der Waals surface area contributed by atoms with Crippen LogP contribution in [0.2, 0.25) is 0 Å². The van der Waals surface area contributed by atoms with E-state index in [2.05, 4.69) is 93.6 Å². The number of aryl methyl sites for hydroxylation is 3. The lowest BCUT2D eigenvalue weighted by Gasteiger charge is -2.25. The Labute approximate surface area is 220 Å². The number of hydrogen-bond donors (Lipinski definition) is 0. The molecule has 1 aliphatic carbocycles. The fourth-order valence-corrected chi connectivity index (χ4v) is 9.27. The van der Waals surface area contributed by atoms with Gasteiger partial charge in [0.25, 0.3) is 0 Å². The van der Waals surface area contributed by atoms with Crippen molar-refractivity contribution in [2.24, 2.45) is 0 Å². The third-order valence-corrected chi connectivity index (χ3v) is 11.1. The van der Waals surface area contributed by atoms with E-state index in [1.165, 1.54) is 44.5 Å². The lowest BCUT2D eigenvalue weighted by molar-refractivity contribution is 0.592. The van der Waals surface area contributed by atoms with Crippen LogP contribution in [0.5, 0.6) is 0 Å². The lowest BCUT2D eigenvalue weighted by Crippen LogP contribution is -2.29. The second-order valence-corrected chi connectivity index (χ2v) is 13.0. The molecule has 0 aliphatic heterocycles. The Morgan fingerprint density at radius 3 is 2.05 bits per heavy atom. The molecule has 6 rings (SSSR count). The molecule has 0 saturated heterocycles. The summed E-state index contributed by atoms with van der Waals surface area (Å²) >= 11 is 0. The summed E-state index contributed by atoms with van der Waals surface area (Å²) < 4.78 is 15.8. The van der Waals surface area contributed by atoms with Gasteiger partial charge in [-0.15, -0.1) is 0 Å². The van der Waals surface area contributed by atoms with Gasteiger partial charge in [0.15, 0.2) is 7.14 Å². The largest absolute Gasteiger partial charge is 0.309 e. The predicted octanol–water partition coefficient (Wildman–Crippen LogP) is 7.41. The van der Waals surface area contributed by atoms with Gasteiger partial charge in [-0.1, -0.05) is 115 Å². The van der Waals surface area contributed by atoms with Crippen molar-refractivity contribution < 1.29 is 4.57 Å². The minimum absolute atomic E-state index is 0.764. The third-order valence-electron chi connectivity index (χ3n) is 7.82. The van der Waals surface area contributed by atoms with E-state index in [4.69, 9.17) is 0 Å². The molecular weight excluding hydrogens is 467 g/mol. The molecule has 1 atom stereocenters. The van der Waals surface area contributed by atoms with Crippen LogP contribution in [-0.4, -0.2) is 0 Å². The fourth-order valence-electron chi connectivity index (χ4n) is 6.13. The van der Waals surface area contributed by atoms with Crippen molar-refractivity contribution in [3.63, 3.8) is 0 Å². The summed E-state index contributed by atoms with van der Waals surface area (Å²) in [6.45, 7) is 6.53. The molecular formula is C35H31OP. The molecule has 2 heteroatoms. The molecule has 0 N–H and O–H groups in total. The first kappa shape index (κ1) is 23.7. The van der Waals surface area contributed by atoms with Crippen molar-refractivity contribution in [2.45, 2.75) is 33.6 Å². The Kier molecular flexibility index (Phi) is 5.98. The van der Waals surface area contributed by atoms with Gasteiger partial charge in [-0.05, 0) is 78.1 Å². The monoisotopic (exact) mass is 498 g/mol. The molecule has 0 amide bonds. The first-order valence-electron chi connectivity index (χ1n) is 13.0. The highest BCUT2D eigenvalue weighted by Gasteiger charge is 2.36. The molecule has 5 aromatic rings. The van der Waals surface area contributed by atoms with Crippen LogP contribution < -0.4 is 15.9 Å². The van der Waals surface area contributed by atoms with Crippen molar-refractivity contribution in [3.8, 4) is 11.1 Å². The van der Waals surface area contributed by atoms with Gasteiger partial charge in [0.2, 0.25) is 0 Å². The van der Waals surface area contributed by atoms with Crippen molar-refractivity contribution >= 4 is 23.1 Å². The van der Waals surface area contributed by atoms with Crippen LogP contribution in [0.3, 0.4) is 0 Å². The molecule has 0 fully saturated rings. The van der Waals surface area contributed by atoms with E-state index in [0.717, 1.165) is 34.3 Å². The molecule has 0 aromatic heterocycles. The maximum atomic E-state index is 15.8. The molecule has 0 bridgehead atoms. The van der Waals surface area contributed by atoms with Crippen molar-refractivity contribution in [2.75, 3.05) is 0 Å². The van der Waals surface area contributed by atoms with Crippen LogP contribution in [-0.2, 0) is 17.4 Å². The zero-order chi connectivity index (χ0) is 25.6. The quantitative estimate of drug-likeness (QED) is 0.226. The average Bonchev–Trinajstić information content (AvgIpc) is 3.30. The van der Waals surface area contributed by atoms with Gasteiger partial charge in [-0.25, -0.2) is 0 Å². The Morgan fingerprint density at radius 2 is 1.27 bits per heavy atom. The maximum Gasteiger partial charge on any atom is 0.171 e. The Morgan fingerprint density at radius 1 is 0.649 bits per heavy atom. The predicted molar refractivity (Wildman–Crippen MR) is 158 cm³/mol. The molecule has 0 spiro atoms. The van der Waals surface area contributed by atoms with Gasteiger partial charge < -0.3 is 4.57 Å². The van der Waals surface area contributed by atoms with E-state index < -0.39 is 7.14 Å². The minimum atomic E-state index is -3.16. The number of hydrogen-bond acceptors (Lipinski definition) is 1. The second-order valence-electron chi connectivity index (χ2n) is 10.3. The summed E-state index contributed by atoms with van der Waals surface area (Å²) in [7, 11) is -3.16. The van der Waals surface area contributed by atoms with E-state index in [0.29, 0.717) is 0 Å². The molecule has 0 radical (unpaired) electrons. The average molecular weight is 499 g/mol. The van der Waals surface area contributed by atoms with Crippen molar-refractivity contribution in [1.82, 2.24) is 0 Å². The standard InChI is InChI=1S/C35H31OP/c1-24-20-25(2)32(26(3)21-24)23-28-13-8-10-18-34(28)37(36,29-14-5-4-6-15-29)35-19-11-17-31-30-16-9-7-12-27(30)22-33(31)35/h4-21H,22-23H2,1-3H3. The molecule has 1 unspecified atom stereocenters. The topological polar surface area (TPSA) is 17.1 Å². The minimum Gasteiger partial charge on any atom is -0.309 e. The van der Waals surface area contributed by atoms with Gasteiger partial charge in [0, 0.05) is 15.9 Å². The third kappa shape index (κ3) is 3.99. The molecule has 5 aromatic carbocycles. The van der Waals surface area contributed by atoms with Crippen LogP contribution >= 0.6 is 7.14 Å². The van der Waals surface area contributed by atoms with Crippen LogP contribution in [0, 0.1) is 20.8 Å². The lowest BCUT2D eigenvalue weighted by atomic mass is 9.94. The number of benzene rings is 5. The summed E-state index contributed by atoms with van der Waals surface area (Å²) in [6, 6.07) is 38.0. The summed E-state index contributed by atoms with van der Waals surface area (Å²) in [4.78, 5) is 0. The van der Waals surface area contributed by atoms with Gasteiger partial charge >= 0.3 is 0 Å². The molecule has 37 heavy (non-hydrogen) atoms. The summed E-state index contributed by atoms with van der Waals surface area (Å²) in [6.07, 6.45) is 1.58. The Hall–Kier alpha value is -3.67. The SMILES string of the molecule is Cc1cc(C)c(Cc2ccccc2P(=O)(c2ccccc2)c2cccc3c2Cc2ccccc2-3)c(C)c1. The van der Waals surface area contributed by atoms with E-state index in [1.807, 2.05) is 36.4 Å². The normalized spacial score (nSPS) is 13.6. The van der Waals surface area contributed by atoms with E-state index in [9.17, 15) is 0 Å². The first-order valence-corrected chi connectivity index (χ1v) is 14.7. The van der Waals surface area contributed by atoms with Crippen LogP contribution in [0.1, 0.15) is 38.9 Å². The Balaban J connectivity index is 1.59. The Bertz CT molecular complexity index is 1660. The van der Waals surface area contributed by atoms with Gasteiger partial charge in [0.1, 0.15) is 0 Å². The van der Waals surface area contributed by atoms with E-state index >= 15 is 4.57 Å². The fraction of sp³-hybridized carbons (Fsp3) is 0.143. The first-order chi connectivity index (χ1) is 18.0. The van der Waals surface area contributed by atoms with Crippen LogP contribution in [0.25, 0.3) is 11.1 Å². The van der Waals surface area contributed by atoms with Crippen LogP contribution in [0.15, 0.2) is 109 Å². The van der Waals surface area contributed by atoms with Crippen LogP contribution in [0.4, 0.5) is 0 Å². The summed E-state index contributed by atoms with van der Waals surface area (Å²) in [5, 5.41) is 2.81. The van der Waals surface area contributed by atoms with Crippen molar-refractivity contribution in [3.05, 3.63) is 148 Å². The van der Waals surface area contributed by atoms with E-state index in [1.54, 1.807) is 0 Å². The maximum absolute atomic E-state index is 15.8. The summed E-state index contributed by atoms with van der Waals surface area (Å²) in [5.74, 6) is 0. The highest BCUT2D eigenvalue weighted by molar-refractivity contribution is 7.85. The zero-order valence-corrected chi connectivity index (χ0v) is 22.6. The number of rotatable bonds is 5. The second kappa shape index (κ2) is 9.33. The highest BCUT2D eigenvalue weighted by Crippen LogP contribution is 2.48. The van der Waals surface area contributed by atoms with E-state index in [-0.39, 0.29) is 0 Å². The molecule has 1 nitrogen and oxygen atoms in total. The molecule has 1 aliphatic rings. The van der Waals surface area contributed by atoms with Gasteiger partial charge in [-0.2, -0.15) is 0 Å². The molecule has 0 heterocycles. The molecule has 182 valence electrons. The van der Waals surface area contributed by atoms with Gasteiger partial charge in [-0.3, -0.25) is 0 Å². The molecule has 0 saturated carbocycles. The summed E-state index contributed by atoms with van der Waals surface area (Å²) in [5.41, 5.74) is 11.3. The highest BCUT2D eigenvalue weighted by atomic mass is 31.2. The smallest absolute Gasteiger partial charge is 0.171 e. The number of fused-ring (bicyclic) bond motifs is 3. The van der Waals surface area contributed by atoms with Crippen molar-refractivity contribution in [1.29, 1.82) is 0 Å².